The van der Waals surface area contributed by atoms with E-state index in [1.165, 1.54) is 10.4 Å². The van der Waals surface area contributed by atoms with Gasteiger partial charge in [-0.05, 0) is 37.7 Å². The van der Waals surface area contributed by atoms with Gasteiger partial charge in [0.2, 0.25) is 5.91 Å². The molecule has 1 aliphatic heterocycles. The van der Waals surface area contributed by atoms with Gasteiger partial charge in [-0.3, -0.25) is 14.5 Å². The highest BCUT2D eigenvalue weighted by Gasteiger charge is 2.27. The second-order valence-electron chi connectivity index (χ2n) is 6.98. The Morgan fingerprint density at radius 1 is 1.38 bits per heavy atom. The number of H-pyrrole nitrogens is 1. The summed E-state index contributed by atoms with van der Waals surface area (Å²) in [6.45, 7) is 6.02. The molecule has 2 aromatic heterocycles. The summed E-state index contributed by atoms with van der Waals surface area (Å²) >= 11 is 1.67. The van der Waals surface area contributed by atoms with Crippen LogP contribution in [0.3, 0.4) is 0 Å². The lowest BCUT2D eigenvalue weighted by atomic mass is 9.89. The summed E-state index contributed by atoms with van der Waals surface area (Å²) in [5.41, 5.74) is 1.17. The van der Waals surface area contributed by atoms with Crippen LogP contribution in [0, 0.1) is 5.92 Å². The molecular weight excluding hydrogens is 324 g/mol. The van der Waals surface area contributed by atoms with Crippen molar-refractivity contribution in [2.24, 2.45) is 5.92 Å². The largest absolute Gasteiger partial charge is 0.354 e. The second-order valence-corrected chi connectivity index (χ2v) is 8.06. The van der Waals surface area contributed by atoms with Crippen molar-refractivity contribution in [2.75, 3.05) is 19.6 Å². The average molecular weight is 346 g/mol. The summed E-state index contributed by atoms with van der Waals surface area (Å²) in [5, 5.41) is 3.61. The van der Waals surface area contributed by atoms with Crippen molar-refractivity contribution in [3.8, 4) is 0 Å². The maximum absolute atomic E-state index is 12.7. The molecule has 2 aliphatic rings. The van der Waals surface area contributed by atoms with Crippen LogP contribution >= 0.6 is 11.3 Å². The number of fused-ring (bicyclic) bond motifs is 3. The summed E-state index contributed by atoms with van der Waals surface area (Å²) in [5.74, 6) is 1.36. The normalized spacial score (nSPS) is 23.1. The van der Waals surface area contributed by atoms with Crippen molar-refractivity contribution < 1.29 is 4.79 Å². The highest BCUT2D eigenvalue weighted by Crippen LogP contribution is 2.36. The summed E-state index contributed by atoms with van der Waals surface area (Å²) in [6.07, 6.45) is 3.16. The maximum Gasteiger partial charge on any atom is 0.259 e. The Labute approximate surface area is 144 Å². The van der Waals surface area contributed by atoms with Crippen LogP contribution in [-0.2, 0) is 17.6 Å². The van der Waals surface area contributed by atoms with E-state index in [1.54, 1.807) is 11.3 Å². The number of aromatic amines is 1. The number of piperazine rings is 1. The van der Waals surface area contributed by atoms with Crippen molar-refractivity contribution >= 4 is 27.5 Å². The van der Waals surface area contributed by atoms with E-state index in [4.69, 9.17) is 4.98 Å². The molecule has 7 heteroatoms. The van der Waals surface area contributed by atoms with Crippen molar-refractivity contribution in [3.63, 3.8) is 0 Å². The van der Waals surface area contributed by atoms with Crippen LogP contribution in [0.2, 0.25) is 0 Å². The van der Waals surface area contributed by atoms with Gasteiger partial charge in [-0.1, -0.05) is 6.92 Å². The standard InChI is InChI=1S/C17H22N4O2S/c1-9-3-4-11-12(7-9)24-17-14(11)16(23)19-15(20-17)10(2)21-6-5-18-13(22)8-21/h9-10H,3-8H2,1-2H3,(H,18,22)(H,19,20,23)/t9-,10+/m0/s1. The zero-order chi connectivity index (χ0) is 16.8. The molecule has 6 nitrogen and oxygen atoms in total. The Bertz CT molecular complexity index is 856. The Morgan fingerprint density at radius 2 is 2.21 bits per heavy atom. The third kappa shape index (κ3) is 2.65. The number of nitrogens with zero attached hydrogens (tertiary/aromatic N) is 2. The minimum atomic E-state index is -0.0776. The number of carbonyl (C=O) groups excluding carboxylic acids is 1. The van der Waals surface area contributed by atoms with Crippen molar-refractivity contribution in [1.82, 2.24) is 20.2 Å². The van der Waals surface area contributed by atoms with Crippen LogP contribution in [0.4, 0.5) is 0 Å². The zero-order valence-corrected chi connectivity index (χ0v) is 14.8. The van der Waals surface area contributed by atoms with Gasteiger partial charge in [0.1, 0.15) is 10.7 Å². The van der Waals surface area contributed by atoms with E-state index >= 15 is 0 Å². The van der Waals surface area contributed by atoms with Gasteiger partial charge >= 0.3 is 0 Å². The number of thiophene rings is 1. The van der Waals surface area contributed by atoms with Crippen LogP contribution in [0.15, 0.2) is 4.79 Å². The van der Waals surface area contributed by atoms with E-state index in [0.717, 1.165) is 36.0 Å². The first-order chi connectivity index (χ1) is 11.5. The van der Waals surface area contributed by atoms with Gasteiger partial charge < -0.3 is 10.3 Å². The molecule has 0 aromatic carbocycles. The van der Waals surface area contributed by atoms with E-state index < -0.39 is 0 Å². The SMILES string of the molecule is C[C@H]1CCc2c(sc3nc([C@@H](C)N4CCNC(=O)C4)[nH]c(=O)c23)C1. The monoisotopic (exact) mass is 346 g/mol. The molecule has 4 rings (SSSR count). The van der Waals surface area contributed by atoms with Gasteiger partial charge in [0.25, 0.3) is 5.56 Å². The third-order valence-electron chi connectivity index (χ3n) is 5.20. The lowest BCUT2D eigenvalue weighted by Gasteiger charge is -2.31. The molecule has 0 bridgehead atoms. The summed E-state index contributed by atoms with van der Waals surface area (Å²) in [7, 11) is 0. The lowest BCUT2D eigenvalue weighted by molar-refractivity contribution is -0.124. The number of rotatable bonds is 2. The molecule has 128 valence electrons. The number of hydrogen-bond donors (Lipinski definition) is 2. The fraction of sp³-hybridized carbons (Fsp3) is 0.588. The minimum absolute atomic E-state index is 0.0251. The van der Waals surface area contributed by atoms with E-state index in [-0.39, 0.29) is 17.5 Å². The molecule has 2 aromatic rings. The predicted molar refractivity (Wildman–Crippen MR) is 94.4 cm³/mol. The Hall–Kier alpha value is -1.73. The number of aryl methyl sites for hydroxylation is 1. The van der Waals surface area contributed by atoms with Crippen LogP contribution in [0.25, 0.3) is 10.2 Å². The zero-order valence-electron chi connectivity index (χ0n) is 14.0. The molecular formula is C17H22N4O2S. The third-order valence-corrected chi connectivity index (χ3v) is 6.34. The first kappa shape index (κ1) is 15.8. The van der Waals surface area contributed by atoms with Gasteiger partial charge in [0, 0.05) is 18.0 Å². The van der Waals surface area contributed by atoms with Crippen LogP contribution < -0.4 is 10.9 Å². The highest BCUT2D eigenvalue weighted by molar-refractivity contribution is 7.18. The molecule has 0 saturated carbocycles. The summed E-state index contributed by atoms with van der Waals surface area (Å²) in [4.78, 5) is 36.2. The molecule has 1 amide bonds. The number of hydrogen-bond acceptors (Lipinski definition) is 5. The first-order valence-corrected chi connectivity index (χ1v) is 9.39. The van der Waals surface area contributed by atoms with Crippen molar-refractivity contribution in [1.29, 1.82) is 0 Å². The molecule has 3 heterocycles. The number of carbonyl (C=O) groups is 1. The first-order valence-electron chi connectivity index (χ1n) is 8.58. The van der Waals surface area contributed by atoms with Crippen LogP contribution in [0.5, 0.6) is 0 Å². The Kier molecular flexibility index (Phi) is 3.92. The van der Waals surface area contributed by atoms with Crippen LogP contribution in [-0.4, -0.2) is 40.4 Å². The lowest BCUT2D eigenvalue weighted by Crippen LogP contribution is -2.48. The highest BCUT2D eigenvalue weighted by atomic mass is 32.1. The van der Waals surface area contributed by atoms with Gasteiger partial charge in [-0.2, -0.15) is 0 Å². The van der Waals surface area contributed by atoms with Crippen LogP contribution in [0.1, 0.15) is 42.6 Å². The molecule has 0 spiro atoms. The van der Waals surface area contributed by atoms with E-state index in [9.17, 15) is 9.59 Å². The molecule has 0 radical (unpaired) electrons. The molecule has 1 aliphatic carbocycles. The van der Waals surface area contributed by atoms with Crippen molar-refractivity contribution in [3.05, 3.63) is 26.6 Å². The Balaban J connectivity index is 1.73. The molecule has 2 atom stereocenters. The average Bonchev–Trinajstić information content (AvgIpc) is 2.91. The molecule has 0 unspecified atom stereocenters. The number of nitrogens with one attached hydrogen (secondary N) is 2. The van der Waals surface area contributed by atoms with Gasteiger partial charge in [0.15, 0.2) is 0 Å². The van der Waals surface area contributed by atoms with Gasteiger partial charge in [0.05, 0.1) is 18.0 Å². The van der Waals surface area contributed by atoms with E-state index in [0.29, 0.717) is 24.8 Å². The number of amides is 1. The number of aromatic nitrogens is 2. The fourth-order valence-corrected chi connectivity index (χ4v) is 5.12. The molecule has 1 saturated heterocycles. The van der Waals surface area contributed by atoms with Crippen molar-refractivity contribution in [2.45, 2.75) is 39.2 Å². The predicted octanol–water partition coefficient (Wildman–Crippen LogP) is 1.60. The van der Waals surface area contributed by atoms with E-state index in [2.05, 4.69) is 22.1 Å². The van der Waals surface area contributed by atoms with Gasteiger partial charge in [-0.25, -0.2) is 4.98 Å². The smallest absolute Gasteiger partial charge is 0.259 e. The maximum atomic E-state index is 12.7. The topological polar surface area (TPSA) is 78.1 Å². The quantitative estimate of drug-likeness (QED) is 0.866. The second kappa shape index (κ2) is 5.97. The Morgan fingerprint density at radius 3 is 3.00 bits per heavy atom. The van der Waals surface area contributed by atoms with Gasteiger partial charge in [-0.15, -0.1) is 11.3 Å². The summed E-state index contributed by atoms with van der Waals surface area (Å²) < 4.78 is 0. The summed E-state index contributed by atoms with van der Waals surface area (Å²) in [6, 6.07) is -0.0776. The minimum Gasteiger partial charge on any atom is -0.354 e. The molecule has 24 heavy (non-hydrogen) atoms. The van der Waals surface area contributed by atoms with E-state index in [1.807, 2.05) is 6.92 Å². The fourth-order valence-electron chi connectivity index (χ4n) is 3.73. The molecule has 1 fully saturated rings. The molecule has 2 N–H and O–H groups in total.